The monoisotopic (exact) mass is 296 g/mol. The molecule has 0 saturated heterocycles. The molecule has 17 heavy (non-hydrogen) atoms. The Hall–Kier alpha value is -1.49. The summed E-state index contributed by atoms with van der Waals surface area (Å²) in [4.78, 5) is 17.9. The summed E-state index contributed by atoms with van der Waals surface area (Å²) in [7, 11) is 0. The van der Waals surface area contributed by atoms with E-state index in [1.54, 1.807) is 12.1 Å². The lowest BCUT2D eigenvalue weighted by Crippen LogP contribution is -1.98. The van der Waals surface area contributed by atoms with Gasteiger partial charge >= 0.3 is 0 Å². The number of nitrogens with zero attached hydrogens (tertiary/aromatic N) is 1. The number of H-pyrrole nitrogens is 1. The van der Waals surface area contributed by atoms with Gasteiger partial charge in [0, 0.05) is 10.0 Å². The Labute approximate surface area is 106 Å². The van der Waals surface area contributed by atoms with Crippen LogP contribution in [-0.2, 0) is 11.2 Å². The molecule has 88 valence electrons. The molecule has 0 aliphatic heterocycles. The van der Waals surface area contributed by atoms with Gasteiger partial charge in [0.05, 0.1) is 18.3 Å². The first-order valence-corrected chi connectivity index (χ1v) is 5.84. The summed E-state index contributed by atoms with van der Waals surface area (Å²) in [5.74, 6) is 0.235. The van der Waals surface area contributed by atoms with Crippen molar-refractivity contribution in [2.45, 2.75) is 13.3 Å². The van der Waals surface area contributed by atoms with Gasteiger partial charge in [-0.2, -0.15) is 0 Å². The fourth-order valence-corrected chi connectivity index (χ4v) is 1.89. The van der Waals surface area contributed by atoms with Gasteiger partial charge in [-0.25, -0.2) is 9.37 Å². The Morgan fingerprint density at radius 2 is 2.29 bits per heavy atom. The Kier molecular flexibility index (Phi) is 3.38. The summed E-state index contributed by atoms with van der Waals surface area (Å²) in [6, 6.07) is 4.68. The first-order chi connectivity index (χ1) is 8.06. The zero-order valence-electron chi connectivity index (χ0n) is 9.13. The first kappa shape index (κ1) is 12.0. The number of carbonyl (C=O) groups excluding carboxylic acids is 1. The largest absolute Gasteiger partial charge is 0.342 e. The second kappa shape index (κ2) is 4.79. The molecular formula is C12H10BrFN2O. The number of Topliss-reactive ketones (excluding diaryl/α,β-unsaturated/α-hetero) is 1. The van der Waals surface area contributed by atoms with Crippen molar-refractivity contribution < 1.29 is 9.18 Å². The molecule has 0 spiro atoms. The van der Waals surface area contributed by atoms with Gasteiger partial charge in [0.25, 0.3) is 0 Å². The molecule has 2 aromatic rings. The highest BCUT2D eigenvalue weighted by atomic mass is 79.9. The van der Waals surface area contributed by atoms with E-state index < -0.39 is 0 Å². The average Bonchev–Trinajstić information content (AvgIpc) is 2.69. The van der Waals surface area contributed by atoms with Gasteiger partial charge in [-0.3, -0.25) is 4.79 Å². The van der Waals surface area contributed by atoms with Crippen LogP contribution in [0.3, 0.4) is 0 Å². The van der Waals surface area contributed by atoms with Crippen LogP contribution in [0.4, 0.5) is 4.39 Å². The van der Waals surface area contributed by atoms with Crippen molar-refractivity contribution in [1.29, 1.82) is 0 Å². The van der Waals surface area contributed by atoms with Gasteiger partial charge in [-0.05, 0) is 25.1 Å². The standard InChI is InChI=1S/C12H10BrFN2O/c1-7(17)4-12-15-6-11(16-12)9-5-8(13)2-3-10(9)14/h2-3,5-6H,4H2,1H3,(H,15,16). The Bertz CT molecular complexity index is 565. The van der Waals surface area contributed by atoms with E-state index >= 15 is 0 Å². The number of rotatable bonds is 3. The van der Waals surface area contributed by atoms with Crippen LogP contribution >= 0.6 is 15.9 Å². The zero-order chi connectivity index (χ0) is 12.4. The maximum Gasteiger partial charge on any atom is 0.137 e. The van der Waals surface area contributed by atoms with E-state index in [1.807, 2.05) is 0 Å². The molecule has 5 heteroatoms. The zero-order valence-corrected chi connectivity index (χ0v) is 10.7. The summed E-state index contributed by atoms with van der Waals surface area (Å²) in [6.45, 7) is 1.49. The molecule has 0 fully saturated rings. The van der Waals surface area contributed by atoms with Crippen molar-refractivity contribution in [3.63, 3.8) is 0 Å². The molecule has 0 bridgehead atoms. The van der Waals surface area contributed by atoms with Crippen molar-refractivity contribution in [2.24, 2.45) is 0 Å². The second-order valence-corrected chi connectivity index (χ2v) is 4.66. The fourth-order valence-electron chi connectivity index (χ4n) is 1.53. The smallest absolute Gasteiger partial charge is 0.137 e. The van der Waals surface area contributed by atoms with Gasteiger partial charge in [-0.15, -0.1) is 0 Å². The van der Waals surface area contributed by atoms with E-state index in [9.17, 15) is 9.18 Å². The predicted molar refractivity (Wildman–Crippen MR) is 66.1 cm³/mol. The molecule has 1 N–H and O–H groups in total. The molecule has 1 aromatic heterocycles. The normalized spacial score (nSPS) is 10.5. The topological polar surface area (TPSA) is 45.8 Å². The molecule has 0 aliphatic rings. The summed E-state index contributed by atoms with van der Waals surface area (Å²) < 4.78 is 14.4. The molecule has 2 rings (SSSR count). The minimum Gasteiger partial charge on any atom is -0.342 e. The number of aromatic amines is 1. The minimum absolute atomic E-state index is 0.0145. The molecule has 0 atom stereocenters. The number of benzene rings is 1. The maximum absolute atomic E-state index is 13.6. The van der Waals surface area contributed by atoms with Gasteiger partial charge in [-0.1, -0.05) is 15.9 Å². The van der Waals surface area contributed by atoms with Crippen LogP contribution in [0.15, 0.2) is 28.9 Å². The second-order valence-electron chi connectivity index (χ2n) is 3.75. The third kappa shape index (κ3) is 2.79. The lowest BCUT2D eigenvalue weighted by atomic mass is 10.1. The Morgan fingerprint density at radius 3 is 3.00 bits per heavy atom. The molecule has 0 aliphatic carbocycles. The molecule has 0 amide bonds. The number of aromatic nitrogens is 2. The number of imidazole rings is 1. The maximum atomic E-state index is 13.6. The highest BCUT2D eigenvalue weighted by Gasteiger charge is 2.09. The van der Waals surface area contributed by atoms with E-state index in [0.717, 1.165) is 4.47 Å². The van der Waals surface area contributed by atoms with Crippen LogP contribution in [0.2, 0.25) is 0 Å². The quantitative estimate of drug-likeness (QED) is 0.946. The van der Waals surface area contributed by atoms with Gasteiger partial charge in [0.2, 0.25) is 0 Å². The van der Waals surface area contributed by atoms with Crippen LogP contribution < -0.4 is 0 Å². The summed E-state index contributed by atoms with van der Waals surface area (Å²) in [6.07, 6.45) is 1.76. The van der Waals surface area contributed by atoms with Crippen LogP contribution in [0.5, 0.6) is 0 Å². The highest BCUT2D eigenvalue weighted by molar-refractivity contribution is 9.10. The molecular weight excluding hydrogens is 287 g/mol. The van der Waals surface area contributed by atoms with E-state index in [2.05, 4.69) is 25.9 Å². The molecule has 1 heterocycles. The predicted octanol–water partition coefficient (Wildman–Crippen LogP) is 3.11. The summed E-state index contributed by atoms with van der Waals surface area (Å²) in [5.41, 5.74) is 1.00. The van der Waals surface area contributed by atoms with Crippen molar-refractivity contribution in [1.82, 2.24) is 9.97 Å². The van der Waals surface area contributed by atoms with Crippen LogP contribution in [0, 0.1) is 5.82 Å². The number of halogens is 2. The molecule has 0 radical (unpaired) electrons. The van der Waals surface area contributed by atoms with Crippen LogP contribution in [0.1, 0.15) is 12.7 Å². The van der Waals surface area contributed by atoms with Gasteiger partial charge in [0.15, 0.2) is 0 Å². The molecule has 0 saturated carbocycles. The lowest BCUT2D eigenvalue weighted by molar-refractivity contribution is -0.116. The third-order valence-electron chi connectivity index (χ3n) is 2.26. The van der Waals surface area contributed by atoms with E-state index in [4.69, 9.17) is 0 Å². The molecule has 1 aromatic carbocycles. The molecule has 0 unspecified atom stereocenters. The van der Waals surface area contributed by atoms with Crippen LogP contribution in [-0.4, -0.2) is 15.8 Å². The van der Waals surface area contributed by atoms with Gasteiger partial charge in [0.1, 0.15) is 17.4 Å². The van der Waals surface area contributed by atoms with E-state index in [-0.39, 0.29) is 18.0 Å². The van der Waals surface area contributed by atoms with Crippen molar-refractivity contribution in [3.05, 3.63) is 40.5 Å². The Morgan fingerprint density at radius 1 is 1.53 bits per heavy atom. The van der Waals surface area contributed by atoms with Crippen molar-refractivity contribution in [3.8, 4) is 11.3 Å². The number of ketones is 1. The number of hydrogen-bond donors (Lipinski definition) is 1. The summed E-state index contributed by atoms with van der Waals surface area (Å²) >= 11 is 3.29. The molecule has 3 nitrogen and oxygen atoms in total. The van der Waals surface area contributed by atoms with Gasteiger partial charge < -0.3 is 4.98 Å². The number of carbonyl (C=O) groups is 1. The van der Waals surface area contributed by atoms with E-state index in [0.29, 0.717) is 17.1 Å². The average molecular weight is 297 g/mol. The lowest BCUT2D eigenvalue weighted by Gasteiger charge is -2.00. The SMILES string of the molecule is CC(=O)Cc1ncc(-c2cc(Br)ccc2F)[nH]1. The first-order valence-electron chi connectivity index (χ1n) is 5.05. The minimum atomic E-state index is -0.328. The number of nitrogens with one attached hydrogen (secondary N) is 1. The summed E-state index contributed by atoms with van der Waals surface area (Å²) in [5, 5.41) is 0. The van der Waals surface area contributed by atoms with Crippen LogP contribution in [0.25, 0.3) is 11.3 Å². The Balaban J connectivity index is 2.36. The van der Waals surface area contributed by atoms with Crippen molar-refractivity contribution in [2.75, 3.05) is 0 Å². The highest BCUT2D eigenvalue weighted by Crippen LogP contribution is 2.24. The third-order valence-corrected chi connectivity index (χ3v) is 2.76. The fraction of sp³-hybridized carbons (Fsp3) is 0.167. The van der Waals surface area contributed by atoms with Crippen molar-refractivity contribution >= 4 is 21.7 Å². The number of hydrogen-bond acceptors (Lipinski definition) is 2. The van der Waals surface area contributed by atoms with E-state index in [1.165, 1.54) is 19.2 Å².